The number of amides is 1. The Hall–Kier alpha value is -2.95. The van der Waals surface area contributed by atoms with Crippen molar-refractivity contribution in [3.8, 4) is 11.5 Å². The van der Waals surface area contributed by atoms with Gasteiger partial charge < -0.3 is 19.7 Å². The third-order valence-corrected chi connectivity index (χ3v) is 4.22. The summed E-state index contributed by atoms with van der Waals surface area (Å²) >= 11 is 0. The van der Waals surface area contributed by atoms with E-state index in [1.165, 1.54) is 11.3 Å². The summed E-state index contributed by atoms with van der Waals surface area (Å²) in [6.07, 6.45) is 5.17. The molecule has 1 N–H and O–H groups in total. The third-order valence-electron chi connectivity index (χ3n) is 4.22. The van der Waals surface area contributed by atoms with Gasteiger partial charge in [0.2, 0.25) is 12.7 Å². The molecule has 0 aromatic heterocycles. The van der Waals surface area contributed by atoms with Gasteiger partial charge in [-0.1, -0.05) is 18.2 Å². The molecule has 3 rings (SSSR count). The van der Waals surface area contributed by atoms with E-state index in [0.717, 1.165) is 24.2 Å². The monoisotopic (exact) mass is 352 g/mol. The van der Waals surface area contributed by atoms with Crippen LogP contribution in [-0.4, -0.2) is 33.3 Å². The van der Waals surface area contributed by atoms with Crippen LogP contribution in [0.5, 0.6) is 11.5 Å². The number of nitrogens with one attached hydrogen (secondary N) is 1. The zero-order chi connectivity index (χ0) is 18.4. The minimum atomic E-state index is -0.0920. The highest BCUT2D eigenvalue weighted by atomic mass is 16.7. The van der Waals surface area contributed by atoms with Crippen LogP contribution < -0.4 is 19.7 Å². The van der Waals surface area contributed by atoms with Gasteiger partial charge in [0.05, 0.1) is 0 Å². The van der Waals surface area contributed by atoms with Crippen LogP contribution in [0.3, 0.4) is 0 Å². The Kier molecular flexibility index (Phi) is 5.79. The van der Waals surface area contributed by atoms with E-state index in [1.54, 1.807) is 12.2 Å². The predicted molar refractivity (Wildman–Crippen MR) is 104 cm³/mol. The second-order valence-corrected chi connectivity index (χ2v) is 6.40. The molecule has 0 spiro atoms. The molecular weight excluding hydrogens is 328 g/mol. The fraction of sp³-hybridized carbons (Fsp3) is 0.286. The van der Waals surface area contributed by atoms with Gasteiger partial charge in [0.1, 0.15) is 0 Å². The number of hydrogen-bond acceptors (Lipinski definition) is 4. The number of anilines is 1. The summed E-state index contributed by atoms with van der Waals surface area (Å²) in [4.78, 5) is 14.0. The molecule has 2 aromatic carbocycles. The SMILES string of the molecule is CN(C)c1ccc(CCCNC(=O)/C=C/c2ccc3c(c2)OCO3)cc1. The van der Waals surface area contributed by atoms with Crippen molar-refractivity contribution in [2.75, 3.05) is 32.3 Å². The molecule has 26 heavy (non-hydrogen) atoms. The molecule has 0 saturated carbocycles. The van der Waals surface area contributed by atoms with Gasteiger partial charge in [0.15, 0.2) is 11.5 Å². The highest BCUT2D eigenvalue weighted by Crippen LogP contribution is 2.32. The lowest BCUT2D eigenvalue weighted by Gasteiger charge is -2.12. The highest BCUT2D eigenvalue weighted by Gasteiger charge is 2.12. The van der Waals surface area contributed by atoms with Crippen LogP contribution in [0.25, 0.3) is 6.08 Å². The van der Waals surface area contributed by atoms with Crippen LogP contribution in [0.4, 0.5) is 5.69 Å². The van der Waals surface area contributed by atoms with Gasteiger partial charge in [-0.2, -0.15) is 0 Å². The van der Waals surface area contributed by atoms with Crippen LogP contribution in [0.1, 0.15) is 17.5 Å². The van der Waals surface area contributed by atoms with E-state index in [9.17, 15) is 4.79 Å². The summed E-state index contributed by atoms with van der Waals surface area (Å²) in [6.45, 7) is 0.903. The largest absolute Gasteiger partial charge is 0.454 e. The fourth-order valence-electron chi connectivity index (χ4n) is 2.71. The number of aryl methyl sites for hydroxylation is 1. The molecule has 0 unspecified atom stereocenters. The van der Waals surface area contributed by atoms with Crippen molar-refractivity contribution in [2.45, 2.75) is 12.8 Å². The Bertz CT molecular complexity index is 782. The zero-order valence-corrected chi connectivity index (χ0v) is 15.2. The Morgan fingerprint density at radius 2 is 1.88 bits per heavy atom. The first kappa shape index (κ1) is 17.9. The Morgan fingerprint density at radius 1 is 1.12 bits per heavy atom. The number of carbonyl (C=O) groups is 1. The average Bonchev–Trinajstić information content (AvgIpc) is 3.11. The first-order valence-corrected chi connectivity index (χ1v) is 8.73. The molecule has 1 heterocycles. The number of carbonyl (C=O) groups excluding carboxylic acids is 1. The van der Waals surface area contributed by atoms with Crippen LogP contribution in [0.2, 0.25) is 0 Å². The van der Waals surface area contributed by atoms with E-state index in [1.807, 2.05) is 32.3 Å². The molecule has 2 aromatic rings. The maximum atomic E-state index is 11.9. The first-order chi connectivity index (χ1) is 12.6. The van der Waals surface area contributed by atoms with Crippen molar-refractivity contribution >= 4 is 17.7 Å². The molecular formula is C21H24N2O3. The van der Waals surface area contributed by atoms with E-state index in [2.05, 4.69) is 34.5 Å². The number of benzene rings is 2. The molecule has 0 bridgehead atoms. The maximum absolute atomic E-state index is 11.9. The van der Waals surface area contributed by atoms with E-state index in [-0.39, 0.29) is 12.7 Å². The number of nitrogens with zero attached hydrogens (tertiary/aromatic N) is 1. The molecule has 1 amide bonds. The summed E-state index contributed by atoms with van der Waals surface area (Å²) in [6, 6.07) is 14.1. The average molecular weight is 352 g/mol. The minimum absolute atomic E-state index is 0.0920. The predicted octanol–water partition coefficient (Wildman–Crippen LogP) is 3.24. The lowest BCUT2D eigenvalue weighted by Crippen LogP contribution is -2.22. The standard InChI is InChI=1S/C21H24N2O3/c1-23(2)18-9-5-16(6-10-18)4-3-13-22-21(24)12-8-17-7-11-19-20(14-17)26-15-25-19/h5-12,14H,3-4,13,15H2,1-2H3,(H,22,24)/b12-8+. The molecule has 0 radical (unpaired) electrons. The van der Waals surface area contributed by atoms with Crippen LogP contribution in [0.15, 0.2) is 48.5 Å². The number of ether oxygens (including phenoxy) is 2. The fourth-order valence-corrected chi connectivity index (χ4v) is 2.71. The van der Waals surface area contributed by atoms with Crippen molar-refractivity contribution in [1.82, 2.24) is 5.32 Å². The summed E-state index contributed by atoms with van der Waals surface area (Å²) in [7, 11) is 4.06. The number of fused-ring (bicyclic) bond motifs is 1. The van der Waals surface area contributed by atoms with Gasteiger partial charge in [-0.15, -0.1) is 0 Å². The van der Waals surface area contributed by atoms with Crippen molar-refractivity contribution < 1.29 is 14.3 Å². The maximum Gasteiger partial charge on any atom is 0.243 e. The van der Waals surface area contributed by atoms with Gasteiger partial charge >= 0.3 is 0 Å². The topological polar surface area (TPSA) is 50.8 Å². The van der Waals surface area contributed by atoms with Gasteiger partial charge in [-0.3, -0.25) is 4.79 Å². The normalized spacial score (nSPS) is 12.4. The van der Waals surface area contributed by atoms with Crippen LogP contribution in [-0.2, 0) is 11.2 Å². The first-order valence-electron chi connectivity index (χ1n) is 8.73. The Labute approximate surface area is 154 Å². The van der Waals surface area contributed by atoms with Gasteiger partial charge in [-0.05, 0) is 54.3 Å². The highest BCUT2D eigenvalue weighted by molar-refractivity contribution is 5.91. The van der Waals surface area contributed by atoms with Crippen molar-refractivity contribution in [2.24, 2.45) is 0 Å². The molecule has 0 fully saturated rings. The van der Waals surface area contributed by atoms with E-state index < -0.39 is 0 Å². The molecule has 1 aliphatic heterocycles. The number of hydrogen-bond donors (Lipinski definition) is 1. The second-order valence-electron chi connectivity index (χ2n) is 6.40. The van der Waals surface area contributed by atoms with E-state index in [0.29, 0.717) is 12.3 Å². The summed E-state index contributed by atoms with van der Waals surface area (Å²) in [5.74, 6) is 1.36. The molecule has 1 aliphatic rings. The van der Waals surface area contributed by atoms with Gasteiger partial charge in [-0.25, -0.2) is 0 Å². The zero-order valence-electron chi connectivity index (χ0n) is 15.2. The van der Waals surface area contributed by atoms with Crippen molar-refractivity contribution in [1.29, 1.82) is 0 Å². The molecule has 0 atom stereocenters. The summed E-state index contributed by atoms with van der Waals surface area (Å²) in [5.41, 5.74) is 3.38. The van der Waals surface area contributed by atoms with E-state index >= 15 is 0 Å². The molecule has 0 saturated heterocycles. The van der Waals surface area contributed by atoms with Gasteiger partial charge in [0.25, 0.3) is 0 Å². The van der Waals surface area contributed by atoms with Crippen LogP contribution >= 0.6 is 0 Å². The van der Waals surface area contributed by atoms with Crippen molar-refractivity contribution in [3.63, 3.8) is 0 Å². The van der Waals surface area contributed by atoms with Gasteiger partial charge in [0, 0.05) is 32.4 Å². The Morgan fingerprint density at radius 3 is 2.65 bits per heavy atom. The quantitative estimate of drug-likeness (QED) is 0.614. The molecule has 0 aliphatic carbocycles. The van der Waals surface area contributed by atoms with Crippen LogP contribution in [0, 0.1) is 0 Å². The third kappa shape index (κ3) is 4.79. The molecule has 5 heteroatoms. The Balaban J connectivity index is 1.40. The van der Waals surface area contributed by atoms with E-state index in [4.69, 9.17) is 9.47 Å². The number of rotatable bonds is 7. The minimum Gasteiger partial charge on any atom is -0.454 e. The lowest BCUT2D eigenvalue weighted by molar-refractivity contribution is -0.116. The van der Waals surface area contributed by atoms with Crippen molar-refractivity contribution in [3.05, 3.63) is 59.7 Å². The molecule has 136 valence electrons. The summed E-state index contributed by atoms with van der Waals surface area (Å²) < 4.78 is 10.6. The second kappa shape index (κ2) is 8.43. The smallest absolute Gasteiger partial charge is 0.243 e. The summed E-state index contributed by atoms with van der Waals surface area (Å²) in [5, 5.41) is 2.92. The lowest BCUT2D eigenvalue weighted by atomic mass is 10.1. The molecule has 5 nitrogen and oxygen atoms in total.